The summed E-state index contributed by atoms with van der Waals surface area (Å²) in [5.74, 6) is -1.73. The number of sulfone groups is 1. The van der Waals surface area contributed by atoms with Crippen LogP contribution >= 0.6 is 0 Å². The van der Waals surface area contributed by atoms with Gasteiger partial charge in [0.25, 0.3) is 0 Å². The fourth-order valence-electron chi connectivity index (χ4n) is 3.18. The van der Waals surface area contributed by atoms with Gasteiger partial charge in [0, 0.05) is 18.6 Å². The number of carbonyl (C=O) groups excluding carboxylic acids is 2. The second-order valence-electron chi connectivity index (χ2n) is 8.70. The van der Waals surface area contributed by atoms with Gasteiger partial charge in [0.2, 0.25) is 26.8 Å². The summed E-state index contributed by atoms with van der Waals surface area (Å²) in [7, 11) is -2.55. The molecule has 1 heterocycles. The summed E-state index contributed by atoms with van der Waals surface area (Å²) in [5, 5.41) is 2.66. The zero-order chi connectivity index (χ0) is 22.1. The zero-order valence-corrected chi connectivity index (χ0v) is 18.6. The SMILES string of the molecule is CN(CC(=O)NC(C)(C)C)C(=O)CS(=O)(=O)c1ncc(-c2ccccc2)n1C1CC1. The summed E-state index contributed by atoms with van der Waals surface area (Å²) >= 11 is 0. The monoisotopic (exact) mass is 432 g/mol. The first-order valence-electron chi connectivity index (χ1n) is 9.88. The number of nitrogens with one attached hydrogen (secondary N) is 1. The number of aromatic nitrogens is 2. The van der Waals surface area contributed by atoms with Gasteiger partial charge in [-0.15, -0.1) is 0 Å². The molecule has 9 heteroatoms. The van der Waals surface area contributed by atoms with E-state index >= 15 is 0 Å². The Balaban J connectivity index is 1.78. The van der Waals surface area contributed by atoms with E-state index in [1.807, 2.05) is 51.1 Å². The van der Waals surface area contributed by atoms with E-state index in [0.29, 0.717) is 0 Å². The van der Waals surface area contributed by atoms with Gasteiger partial charge in [-0.25, -0.2) is 13.4 Å². The largest absolute Gasteiger partial charge is 0.350 e. The second-order valence-corrected chi connectivity index (χ2v) is 10.6. The highest BCUT2D eigenvalue weighted by molar-refractivity contribution is 7.92. The van der Waals surface area contributed by atoms with E-state index < -0.39 is 27.0 Å². The Hall–Kier alpha value is -2.68. The third-order valence-corrected chi connectivity index (χ3v) is 6.14. The highest BCUT2D eigenvalue weighted by atomic mass is 32.2. The van der Waals surface area contributed by atoms with Gasteiger partial charge in [-0.2, -0.15) is 0 Å². The first kappa shape index (κ1) is 22.0. The van der Waals surface area contributed by atoms with Crippen molar-refractivity contribution in [1.29, 1.82) is 0 Å². The summed E-state index contributed by atoms with van der Waals surface area (Å²) in [6, 6.07) is 9.53. The zero-order valence-electron chi connectivity index (χ0n) is 17.8. The molecule has 0 spiro atoms. The maximum Gasteiger partial charge on any atom is 0.240 e. The van der Waals surface area contributed by atoms with Crippen LogP contribution in [0.2, 0.25) is 0 Å². The van der Waals surface area contributed by atoms with Crippen molar-refractivity contribution in [2.45, 2.75) is 50.4 Å². The average molecular weight is 433 g/mol. The molecule has 1 fully saturated rings. The third-order valence-electron chi connectivity index (χ3n) is 4.66. The number of imidazole rings is 1. The lowest BCUT2D eigenvalue weighted by Gasteiger charge is -2.23. The van der Waals surface area contributed by atoms with Gasteiger partial charge in [0.15, 0.2) is 0 Å². The fourth-order valence-corrected chi connectivity index (χ4v) is 4.62. The van der Waals surface area contributed by atoms with Crippen LogP contribution in [0.4, 0.5) is 0 Å². The van der Waals surface area contributed by atoms with Crippen LogP contribution < -0.4 is 5.32 Å². The molecule has 1 aliphatic rings. The van der Waals surface area contributed by atoms with E-state index in [4.69, 9.17) is 0 Å². The Bertz CT molecular complexity index is 1030. The maximum atomic E-state index is 13.0. The topological polar surface area (TPSA) is 101 Å². The van der Waals surface area contributed by atoms with Gasteiger partial charge >= 0.3 is 0 Å². The van der Waals surface area contributed by atoms with Crippen LogP contribution in [-0.2, 0) is 19.4 Å². The number of likely N-dealkylation sites (N-methyl/N-ethyl adjacent to an activating group) is 1. The number of nitrogens with zero attached hydrogens (tertiary/aromatic N) is 3. The minimum Gasteiger partial charge on any atom is -0.350 e. The highest BCUT2D eigenvalue weighted by Crippen LogP contribution is 2.40. The van der Waals surface area contributed by atoms with Crippen molar-refractivity contribution >= 4 is 21.7 Å². The molecule has 1 N–H and O–H groups in total. The predicted octanol–water partition coefficient (Wildman–Crippen LogP) is 2.03. The predicted molar refractivity (Wildman–Crippen MR) is 114 cm³/mol. The molecule has 2 aromatic rings. The standard InChI is InChI=1S/C21H28N4O4S/c1-21(2,3)23-18(26)13-24(4)19(27)14-30(28,29)20-22-12-17(25(20)16-10-11-16)15-8-6-5-7-9-15/h5-9,12,16H,10-11,13-14H2,1-4H3,(H,23,26). The number of hydrogen-bond donors (Lipinski definition) is 1. The van der Waals surface area contributed by atoms with Gasteiger partial charge in [-0.1, -0.05) is 30.3 Å². The molecule has 30 heavy (non-hydrogen) atoms. The lowest BCUT2D eigenvalue weighted by molar-refractivity contribution is -0.133. The molecule has 0 atom stereocenters. The van der Waals surface area contributed by atoms with Crippen LogP contribution in [0, 0.1) is 0 Å². The minimum atomic E-state index is -3.97. The van der Waals surface area contributed by atoms with Crippen LogP contribution in [0.15, 0.2) is 41.7 Å². The molecule has 8 nitrogen and oxygen atoms in total. The summed E-state index contributed by atoms with van der Waals surface area (Å²) in [5.41, 5.74) is 1.17. The molecule has 0 saturated heterocycles. The molecule has 0 bridgehead atoms. The van der Waals surface area contributed by atoms with Crippen molar-refractivity contribution in [3.05, 3.63) is 36.5 Å². The minimum absolute atomic E-state index is 0.0675. The molecule has 1 aromatic carbocycles. The van der Waals surface area contributed by atoms with Gasteiger partial charge in [-0.3, -0.25) is 9.59 Å². The Morgan fingerprint density at radius 3 is 2.40 bits per heavy atom. The average Bonchev–Trinajstić information content (AvgIpc) is 3.37. The number of amides is 2. The molecule has 162 valence electrons. The molecule has 0 aliphatic heterocycles. The molecule has 0 unspecified atom stereocenters. The van der Waals surface area contributed by atoms with Crippen LogP contribution in [0.3, 0.4) is 0 Å². The van der Waals surface area contributed by atoms with Crippen LogP contribution in [0.1, 0.15) is 39.7 Å². The number of carbonyl (C=O) groups is 2. The van der Waals surface area contributed by atoms with Crippen molar-refractivity contribution in [2.24, 2.45) is 0 Å². The molecule has 1 aliphatic carbocycles. The van der Waals surface area contributed by atoms with Gasteiger partial charge in [0.1, 0.15) is 5.75 Å². The van der Waals surface area contributed by atoms with E-state index in [9.17, 15) is 18.0 Å². The quantitative estimate of drug-likeness (QED) is 0.721. The lowest BCUT2D eigenvalue weighted by Crippen LogP contribution is -2.47. The van der Waals surface area contributed by atoms with Crippen molar-refractivity contribution in [2.75, 3.05) is 19.3 Å². The van der Waals surface area contributed by atoms with Crippen molar-refractivity contribution < 1.29 is 18.0 Å². The molecule has 1 aromatic heterocycles. The number of rotatable bonds is 7. The third kappa shape index (κ3) is 5.27. The molecular formula is C21H28N4O4S. The second kappa shape index (κ2) is 8.22. The molecular weight excluding hydrogens is 404 g/mol. The van der Waals surface area contributed by atoms with Gasteiger partial charge < -0.3 is 14.8 Å². The molecule has 0 radical (unpaired) electrons. The van der Waals surface area contributed by atoms with E-state index in [2.05, 4.69) is 10.3 Å². The molecule has 1 saturated carbocycles. The van der Waals surface area contributed by atoms with E-state index in [1.54, 1.807) is 10.8 Å². The Labute approximate surface area is 177 Å². The summed E-state index contributed by atoms with van der Waals surface area (Å²) in [6.07, 6.45) is 3.30. The summed E-state index contributed by atoms with van der Waals surface area (Å²) in [4.78, 5) is 29.9. The maximum absolute atomic E-state index is 13.0. The van der Waals surface area contributed by atoms with Gasteiger partial charge in [-0.05, 0) is 39.2 Å². The number of benzene rings is 1. The normalized spacial score (nSPS) is 14.4. The summed E-state index contributed by atoms with van der Waals surface area (Å²) in [6.45, 7) is 5.29. The first-order chi connectivity index (χ1) is 14.0. The van der Waals surface area contributed by atoms with Crippen LogP contribution in [-0.4, -0.2) is 59.6 Å². The van der Waals surface area contributed by atoms with Crippen LogP contribution in [0.25, 0.3) is 11.3 Å². The molecule has 2 amide bonds. The van der Waals surface area contributed by atoms with Gasteiger partial charge in [0.05, 0.1) is 18.4 Å². The Morgan fingerprint density at radius 1 is 1.20 bits per heavy atom. The Kier molecular flexibility index (Phi) is 6.03. The van der Waals surface area contributed by atoms with E-state index in [0.717, 1.165) is 29.0 Å². The Morgan fingerprint density at radius 2 is 1.83 bits per heavy atom. The smallest absolute Gasteiger partial charge is 0.240 e. The lowest BCUT2D eigenvalue weighted by atomic mass is 10.1. The molecule has 3 rings (SSSR count). The van der Waals surface area contributed by atoms with Crippen molar-refractivity contribution in [3.8, 4) is 11.3 Å². The number of hydrogen-bond acceptors (Lipinski definition) is 5. The van der Waals surface area contributed by atoms with Crippen molar-refractivity contribution in [3.63, 3.8) is 0 Å². The summed E-state index contributed by atoms with van der Waals surface area (Å²) < 4.78 is 27.8. The fraction of sp³-hybridized carbons (Fsp3) is 0.476. The van der Waals surface area contributed by atoms with Crippen LogP contribution in [0.5, 0.6) is 0 Å². The van der Waals surface area contributed by atoms with E-state index in [-0.39, 0.29) is 23.7 Å². The van der Waals surface area contributed by atoms with E-state index in [1.165, 1.54) is 7.05 Å². The van der Waals surface area contributed by atoms with Crippen molar-refractivity contribution in [1.82, 2.24) is 19.8 Å². The highest BCUT2D eigenvalue weighted by Gasteiger charge is 2.35. The first-order valence-corrected chi connectivity index (χ1v) is 11.5.